The zero-order valence-electron chi connectivity index (χ0n) is 20.3. The molecule has 37 heavy (non-hydrogen) atoms. The topological polar surface area (TPSA) is 81.8 Å². The molecule has 0 spiro atoms. The highest BCUT2D eigenvalue weighted by Crippen LogP contribution is 2.29. The molecule has 0 aliphatic heterocycles. The van der Waals surface area contributed by atoms with Gasteiger partial charge in [0.05, 0.1) is 16.1 Å². The lowest BCUT2D eigenvalue weighted by Crippen LogP contribution is -2.05. The highest BCUT2D eigenvalue weighted by molar-refractivity contribution is 6.32. The van der Waals surface area contributed by atoms with E-state index in [1.54, 1.807) is 36.4 Å². The van der Waals surface area contributed by atoms with Crippen LogP contribution >= 0.6 is 23.2 Å². The third-order valence-electron chi connectivity index (χ3n) is 5.54. The lowest BCUT2D eigenvalue weighted by molar-refractivity contribution is 0.0697. The van der Waals surface area contributed by atoms with E-state index in [0.717, 1.165) is 22.5 Å². The summed E-state index contributed by atoms with van der Waals surface area (Å²) in [7, 11) is 0. The number of benzene rings is 3. The van der Waals surface area contributed by atoms with Crippen molar-refractivity contribution in [1.82, 2.24) is 5.16 Å². The molecule has 190 valence electrons. The molecular weight excluding hydrogens is 513 g/mol. The van der Waals surface area contributed by atoms with Gasteiger partial charge < -0.3 is 19.1 Å². The van der Waals surface area contributed by atoms with Crippen molar-refractivity contribution >= 4 is 41.3 Å². The Morgan fingerprint density at radius 2 is 1.73 bits per heavy atom. The fourth-order valence-corrected chi connectivity index (χ4v) is 4.05. The molecule has 0 unspecified atom stereocenters. The van der Waals surface area contributed by atoms with Gasteiger partial charge in [0.15, 0.2) is 0 Å². The standard InChI is InChI=1S/C29H25Cl2NO5/c1-18(2)28-25(27(32-37-28)17-36-23-8-4-7-22(30)14-23)16-35-24-12-11-20(26(31)15-24)10-9-19-5-3-6-21(13-19)29(33)34/h3-15,18H,16-17H2,1-2H3,(H,33,34)/b10-9+. The average Bonchev–Trinajstić information content (AvgIpc) is 3.29. The van der Waals surface area contributed by atoms with Crippen molar-refractivity contribution in [3.05, 3.63) is 110 Å². The van der Waals surface area contributed by atoms with Crippen LogP contribution in [-0.4, -0.2) is 16.2 Å². The number of carbonyl (C=O) groups is 1. The summed E-state index contributed by atoms with van der Waals surface area (Å²) in [6.45, 7) is 4.49. The lowest BCUT2D eigenvalue weighted by atomic mass is 10.1. The Kier molecular flexibility index (Phi) is 8.54. The van der Waals surface area contributed by atoms with Crippen molar-refractivity contribution in [3.8, 4) is 11.5 Å². The van der Waals surface area contributed by atoms with Crippen LogP contribution in [0.25, 0.3) is 12.2 Å². The van der Waals surface area contributed by atoms with Gasteiger partial charge in [-0.05, 0) is 59.7 Å². The molecule has 0 saturated heterocycles. The highest BCUT2D eigenvalue weighted by Gasteiger charge is 2.20. The smallest absolute Gasteiger partial charge is 0.335 e. The van der Waals surface area contributed by atoms with Crippen LogP contribution in [0.1, 0.15) is 58.3 Å². The van der Waals surface area contributed by atoms with Crippen LogP contribution in [0.3, 0.4) is 0 Å². The Morgan fingerprint density at radius 3 is 2.46 bits per heavy atom. The molecule has 0 fully saturated rings. The van der Waals surface area contributed by atoms with Gasteiger partial charge in [0, 0.05) is 10.9 Å². The highest BCUT2D eigenvalue weighted by atomic mass is 35.5. The molecule has 1 heterocycles. The van der Waals surface area contributed by atoms with E-state index in [1.807, 2.05) is 56.3 Å². The van der Waals surface area contributed by atoms with Crippen molar-refractivity contribution in [2.24, 2.45) is 0 Å². The zero-order valence-corrected chi connectivity index (χ0v) is 21.8. The van der Waals surface area contributed by atoms with E-state index in [2.05, 4.69) is 5.16 Å². The van der Waals surface area contributed by atoms with Crippen LogP contribution in [-0.2, 0) is 13.2 Å². The molecule has 4 aromatic rings. The maximum atomic E-state index is 11.2. The second kappa shape index (κ2) is 12.0. The van der Waals surface area contributed by atoms with E-state index in [1.165, 1.54) is 0 Å². The Hall–Kier alpha value is -3.74. The van der Waals surface area contributed by atoms with Gasteiger partial charge in [0.25, 0.3) is 0 Å². The summed E-state index contributed by atoms with van der Waals surface area (Å²) in [5.41, 5.74) is 3.24. The minimum Gasteiger partial charge on any atom is -0.489 e. The van der Waals surface area contributed by atoms with Crippen LogP contribution in [0.2, 0.25) is 10.0 Å². The number of rotatable bonds is 10. The largest absolute Gasteiger partial charge is 0.489 e. The molecule has 0 amide bonds. The number of ether oxygens (including phenoxy) is 2. The van der Waals surface area contributed by atoms with E-state index in [9.17, 15) is 4.79 Å². The summed E-state index contributed by atoms with van der Waals surface area (Å²) in [5.74, 6) is 1.11. The third kappa shape index (κ3) is 6.94. The van der Waals surface area contributed by atoms with Crippen molar-refractivity contribution in [2.45, 2.75) is 33.0 Å². The predicted octanol–water partition coefficient (Wildman–Crippen LogP) is 8.13. The molecule has 0 bridgehead atoms. The Morgan fingerprint density at radius 1 is 0.973 bits per heavy atom. The maximum Gasteiger partial charge on any atom is 0.335 e. The van der Waals surface area contributed by atoms with Crippen molar-refractivity contribution in [3.63, 3.8) is 0 Å². The van der Waals surface area contributed by atoms with Crippen LogP contribution in [0.4, 0.5) is 0 Å². The van der Waals surface area contributed by atoms with Crippen LogP contribution in [0.5, 0.6) is 11.5 Å². The van der Waals surface area contributed by atoms with E-state index in [-0.39, 0.29) is 24.7 Å². The fraction of sp³-hybridized carbons (Fsp3) is 0.172. The summed E-state index contributed by atoms with van der Waals surface area (Å²) in [4.78, 5) is 11.2. The quantitative estimate of drug-likeness (QED) is 0.205. The predicted molar refractivity (Wildman–Crippen MR) is 144 cm³/mol. The van der Waals surface area contributed by atoms with E-state index in [4.69, 9.17) is 42.3 Å². The van der Waals surface area contributed by atoms with Gasteiger partial charge in [-0.3, -0.25) is 0 Å². The number of hydrogen-bond acceptors (Lipinski definition) is 5. The molecule has 0 aliphatic carbocycles. The number of nitrogens with zero attached hydrogens (tertiary/aromatic N) is 1. The lowest BCUT2D eigenvalue weighted by Gasteiger charge is -2.11. The van der Waals surface area contributed by atoms with Gasteiger partial charge in [-0.2, -0.15) is 0 Å². The molecular formula is C29H25Cl2NO5. The Balaban J connectivity index is 1.45. The van der Waals surface area contributed by atoms with Gasteiger partial charge in [-0.1, -0.05) is 72.6 Å². The monoisotopic (exact) mass is 537 g/mol. The third-order valence-corrected chi connectivity index (χ3v) is 6.10. The number of aromatic nitrogens is 1. The summed E-state index contributed by atoms with van der Waals surface area (Å²) in [6, 6.07) is 19.2. The summed E-state index contributed by atoms with van der Waals surface area (Å²) in [5, 5.41) is 14.5. The van der Waals surface area contributed by atoms with Gasteiger partial charge in [-0.15, -0.1) is 0 Å². The van der Waals surface area contributed by atoms with Crippen molar-refractivity contribution in [2.75, 3.05) is 0 Å². The van der Waals surface area contributed by atoms with Crippen molar-refractivity contribution < 1.29 is 23.9 Å². The fourth-order valence-electron chi connectivity index (χ4n) is 3.64. The van der Waals surface area contributed by atoms with Gasteiger partial charge in [0.2, 0.25) is 0 Å². The minimum absolute atomic E-state index is 0.113. The number of carboxylic acid groups (broad SMARTS) is 1. The molecule has 4 rings (SSSR count). The summed E-state index contributed by atoms with van der Waals surface area (Å²) >= 11 is 12.5. The average molecular weight is 538 g/mol. The second-order valence-electron chi connectivity index (χ2n) is 8.61. The van der Waals surface area contributed by atoms with Crippen LogP contribution in [0.15, 0.2) is 71.3 Å². The molecule has 0 saturated carbocycles. The zero-order chi connectivity index (χ0) is 26.4. The van der Waals surface area contributed by atoms with Gasteiger partial charge in [-0.25, -0.2) is 4.79 Å². The number of aromatic carboxylic acids is 1. The van der Waals surface area contributed by atoms with E-state index < -0.39 is 5.97 Å². The number of carboxylic acids is 1. The maximum absolute atomic E-state index is 11.2. The van der Waals surface area contributed by atoms with E-state index >= 15 is 0 Å². The molecule has 3 aromatic carbocycles. The Bertz CT molecular complexity index is 1430. The molecule has 1 N–H and O–H groups in total. The SMILES string of the molecule is CC(C)c1onc(COc2cccc(Cl)c2)c1COc1ccc(/C=C/c2cccc(C(=O)O)c2)c(Cl)c1. The first-order chi connectivity index (χ1) is 17.8. The van der Waals surface area contributed by atoms with E-state index in [0.29, 0.717) is 27.2 Å². The molecule has 6 nitrogen and oxygen atoms in total. The van der Waals surface area contributed by atoms with Gasteiger partial charge >= 0.3 is 5.97 Å². The molecule has 0 radical (unpaired) electrons. The van der Waals surface area contributed by atoms with Gasteiger partial charge in [0.1, 0.15) is 36.2 Å². The second-order valence-corrected chi connectivity index (χ2v) is 9.45. The first-order valence-electron chi connectivity index (χ1n) is 11.6. The first kappa shape index (κ1) is 26.3. The summed E-state index contributed by atoms with van der Waals surface area (Å²) in [6.07, 6.45) is 3.64. The van der Waals surface area contributed by atoms with Crippen LogP contribution in [0, 0.1) is 0 Å². The van der Waals surface area contributed by atoms with Crippen LogP contribution < -0.4 is 9.47 Å². The van der Waals surface area contributed by atoms with Crippen molar-refractivity contribution in [1.29, 1.82) is 0 Å². The minimum atomic E-state index is -0.970. The first-order valence-corrected chi connectivity index (χ1v) is 12.3. The normalized spacial score (nSPS) is 11.3. The molecule has 0 aliphatic rings. The number of hydrogen-bond donors (Lipinski definition) is 1. The molecule has 8 heteroatoms. The Labute approximate surface area is 225 Å². The molecule has 0 atom stereocenters. The summed E-state index contributed by atoms with van der Waals surface area (Å²) < 4.78 is 17.5. The number of halogens is 2. The molecule has 1 aromatic heterocycles.